The minimum Gasteiger partial charge on any atom is -0.344 e. The fraction of sp³-hybridized carbons (Fsp3) is 0.833. The minimum absolute atomic E-state index is 0.0219. The van der Waals surface area contributed by atoms with E-state index in [1.54, 1.807) is 0 Å². The molecule has 2 aliphatic rings. The Kier molecular flexibility index (Phi) is 3.46. The summed E-state index contributed by atoms with van der Waals surface area (Å²) in [6.07, 6.45) is 5.58. The molecule has 0 bridgehead atoms. The SMILES string of the molecule is CCCC1NC(=O)CCN(C2CCC2)C1=O. The van der Waals surface area contributed by atoms with Crippen molar-refractivity contribution < 1.29 is 9.59 Å². The zero-order valence-electron chi connectivity index (χ0n) is 9.87. The molecule has 90 valence electrons. The maximum absolute atomic E-state index is 12.2. The van der Waals surface area contributed by atoms with Crippen molar-refractivity contribution in [1.82, 2.24) is 10.2 Å². The lowest BCUT2D eigenvalue weighted by Gasteiger charge is -2.37. The first-order chi connectivity index (χ1) is 7.72. The Morgan fingerprint density at radius 3 is 2.69 bits per heavy atom. The van der Waals surface area contributed by atoms with Gasteiger partial charge in [-0.25, -0.2) is 0 Å². The van der Waals surface area contributed by atoms with Gasteiger partial charge >= 0.3 is 0 Å². The topological polar surface area (TPSA) is 49.4 Å². The minimum atomic E-state index is -0.277. The lowest BCUT2D eigenvalue weighted by molar-refractivity contribution is -0.137. The van der Waals surface area contributed by atoms with E-state index in [0.717, 1.165) is 25.7 Å². The van der Waals surface area contributed by atoms with Gasteiger partial charge in [-0.2, -0.15) is 0 Å². The molecule has 1 heterocycles. The molecular weight excluding hydrogens is 204 g/mol. The lowest BCUT2D eigenvalue weighted by atomic mass is 9.91. The zero-order chi connectivity index (χ0) is 11.5. The second-order valence-electron chi connectivity index (χ2n) is 4.78. The van der Waals surface area contributed by atoms with E-state index >= 15 is 0 Å². The van der Waals surface area contributed by atoms with Gasteiger partial charge < -0.3 is 10.2 Å². The normalized spacial score (nSPS) is 27.3. The second-order valence-corrected chi connectivity index (χ2v) is 4.78. The van der Waals surface area contributed by atoms with Crippen LogP contribution in [-0.2, 0) is 9.59 Å². The Labute approximate surface area is 96.4 Å². The molecule has 1 atom stereocenters. The molecule has 4 nitrogen and oxygen atoms in total. The van der Waals surface area contributed by atoms with Crippen LogP contribution in [0.5, 0.6) is 0 Å². The predicted molar refractivity (Wildman–Crippen MR) is 60.8 cm³/mol. The zero-order valence-corrected chi connectivity index (χ0v) is 9.87. The van der Waals surface area contributed by atoms with Crippen molar-refractivity contribution in [2.24, 2.45) is 0 Å². The number of rotatable bonds is 3. The number of hydrogen-bond acceptors (Lipinski definition) is 2. The van der Waals surface area contributed by atoms with Gasteiger partial charge in [-0.1, -0.05) is 13.3 Å². The molecule has 4 heteroatoms. The summed E-state index contributed by atoms with van der Waals surface area (Å²) >= 11 is 0. The summed E-state index contributed by atoms with van der Waals surface area (Å²) in [6.45, 7) is 2.65. The molecule has 1 saturated heterocycles. The highest BCUT2D eigenvalue weighted by Gasteiger charge is 2.35. The van der Waals surface area contributed by atoms with Crippen LogP contribution in [0.3, 0.4) is 0 Å². The molecule has 0 aromatic rings. The van der Waals surface area contributed by atoms with Gasteiger partial charge in [0, 0.05) is 19.0 Å². The fourth-order valence-electron chi connectivity index (χ4n) is 2.41. The third kappa shape index (κ3) is 2.20. The van der Waals surface area contributed by atoms with Gasteiger partial charge in [-0.3, -0.25) is 9.59 Å². The Morgan fingerprint density at radius 1 is 1.38 bits per heavy atom. The molecule has 1 N–H and O–H groups in total. The molecule has 2 fully saturated rings. The van der Waals surface area contributed by atoms with Crippen LogP contribution in [0.15, 0.2) is 0 Å². The summed E-state index contributed by atoms with van der Waals surface area (Å²) < 4.78 is 0. The van der Waals surface area contributed by atoms with Crippen LogP contribution >= 0.6 is 0 Å². The molecule has 2 amide bonds. The summed E-state index contributed by atoms with van der Waals surface area (Å²) in [5.74, 6) is 0.158. The van der Waals surface area contributed by atoms with Gasteiger partial charge in [-0.05, 0) is 25.7 Å². The molecule has 1 saturated carbocycles. The first-order valence-corrected chi connectivity index (χ1v) is 6.32. The van der Waals surface area contributed by atoms with E-state index in [1.807, 2.05) is 11.8 Å². The van der Waals surface area contributed by atoms with E-state index in [0.29, 0.717) is 19.0 Å². The van der Waals surface area contributed by atoms with Crippen LogP contribution in [0.2, 0.25) is 0 Å². The van der Waals surface area contributed by atoms with Crippen LogP contribution < -0.4 is 5.32 Å². The molecular formula is C12H20N2O2. The van der Waals surface area contributed by atoms with Crippen LogP contribution in [0.4, 0.5) is 0 Å². The number of carbonyl (C=O) groups excluding carboxylic acids is 2. The van der Waals surface area contributed by atoms with Crippen molar-refractivity contribution in [2.75, 3.05) is 6.54 Å². The number of hydrogen-bond donors (Lipinski definition) is 1. The molecule has 1 aliphatic heterocycles. The third-order valence-corrected chi connectivity index (χ3v) is 3.59. The fourth-order valence-corrected chi connectivity index (χ4v) is 2.41. The number of nitrogens with one attached hydrogen (secondary N) is 1. The molecule has 0 spiro atoms. The van der Waals surface area contributed by atoms with E-state index in [9.17, 15) is 9.59 Å². The molecule has 2 rings (SSSR count). The van der Waals surface area contributed by atoms with E-state index in [-0.39, 0.29) is 17.9 Å². The van der Waals surface area contributed by atoms with Crippen LogP contribution in [0, 0.1) is 0 Å². The predicted octanol–water partition coefficient (Wildman–Crippen LogP) is 1.06. The van der Waals surface area contributed by atoms with Crippen LogP contribution in [-0.4, -0.2) is 35.3 Å². The third-order valence-electron chi connectivity index (χ3n) is 3.59. The number of nitrogens with zero attached hydrogens (tertiary/aromatic N) is 1. The Hall–Kier alpha value is -1.06. The van der Waals surface area contributed by atoms with Crippen LogP contribution in [0.25, 0.3) is 0 Å². The van der Waals surface area contributed by atoms with E-state index in [4.69, 9.17) is 0 Å². The molecule has 16 heavy (non-hydrogen) atoms. The van der Waals surface area contributed by atoms with Gasteiger partial charge in [0.05, 0.1) is 0 Å². The first-order valence-electron chi connectivity index (χ1n) is 6.32. The monoisotopic (exact) mass is 224 g/mol. The van der Waals surface area contributed by atoms with Crippen molar-refractivity contribution in [3.05, 3.63) is 0 Å². The lowest BCUT2D eigenvalue weighted by Crippen LogP contribution is -2.50. The van der Waals surface area contributed by atoms with Crippen molar-refractivity contribution in [1.29, 1.82) is 0 Å². The van der Waals surface area contributed by atoms with E-state index in [2.05, 4.69) is 5.32 Å². The Balaban J connectivity index is 2.06. The quantitative estimate of drug-likeness (QED) is 0.779. The highest BCUT2D eigenvalue weighted by Crippen LogP contribution is 2.26. The van der Waals surface area contributed by atoms with Gasteiger partial charge in [0.1, 0.15) is 6.04 Å². The Bertz CT molecular complexity index is 287. The van der Waals surface area contributed by atoms with E-state index in [1.165, 1.54) is 6.42 Å². The highest BCUT2D eigenvalue weighted by molar-refractivity contribution is 5.90. The summed E-state index contributed by atoms with van der Waals surface area (Å²) in [6, 6.07) is 0.125. The van der Waals surface area contributed by atoms with Crippen molar-refractivity contribution in [2.45, 2.75) is 57.5 Å². The van der Waals surface area contributed by atoms with E-state index < -0.39 is 0 Å². The van der Waals surface area contributed by atoms with Crippen molar-refractivity contribution >= 4 is 11.8 Å². The highest BCUT2D eigenvalue weighted by atomic mass is 16.2. The summed E-state index contributed by atoms with van der Waals surface area (Å²) in [5, 5.41) is 2.83. The maximum atomic E-state index is 12.2. The molecule has 1 unspecified atom stereocenters. The molecule has 0 aromatic carbocycles. The van der Waals surface area contributed by atoms with Gasteiger partial charge in [-0.15, -0.1) is 0 Å². The standard InChI is InChI=1S/C12H20N2O2/c1-2-4-10-12(16)14(9-5-3-6-9)8-7-11(15)13-10/h9-10H,2-8H2,1H3,(H,13,15). The van der Waals surface area contributed by atoms with Gasteiger partial charge in [0.25, 0.3) is 0 Å². The van der Waals surface area contributed by atoms with Crippen molar-refractivity contribution in [3.8, 4) is 0 Å². The average molecular weight is 224 g/mol. The first kappa shape index (κ1) is 11.4. The van der Waals surface area contributed by atoms with Gasteiger partial charge in [0.15, 0.2) is 0 Å². The average Bonchev–Trinajstić information content (AvgIpc) is 2.30. The summed E-state index contributed by atoms with van der Waals surface area (Å²) in [5.41, 5.74) is 0. The van der Waals surface area contributed by atoms with Gasteiger partial charge in [0.2, 0.25) is 11.8 Å². The summed E-state index contributed by atoms with van der Waals surface area (Å²) in [7, 11) is 0. The summed E-state index contributed by atoms with van der Waals surface area (Å²) in [4.78, 5) is 25.7. The molecule has 1 aliphatic carbocycles. The van der Waals surface area contributed by atoms with Crippen molar-refractivity contribution in [3.63, 3.8) is 0 Å². The largest absolute Gasteiger partial charge is 0.344 e. The van der Waals surface area contributed by atoms with Crippen LogP contribution in [0.1, 0.15) is 45.4 Å². The Morgan fingerprint density at radius 2 is 2.12 bits per heavy atom. The molecule has 0 aromatic heterocycles. The number of amides is 2. The second kappa shape index (κ2) is 4.85. The number of carbonyl (C=O) groups is 2. The maximum Gasteiger partial charge on any atom is 0.245 e. The molecule has 0 radical (unpaired) electrons. The smallest absolute Gasteiger partial charge is 0.245 e.